The van der Waals surface area contributed by atoms with Gasteiger partial charge in [0.2, 0.25) is 0 Å². The highest BCUT2D eigenvalue weighted by molar-refractivity contribution is 7.92. The van der Waals surface area contributed by atoms with Crippen molar-refractivity contribution in [2.75, 3.05) is 23.3 Å². The van der Waals surface area contributed by atoms with E-state index >= 15 is 0 Å². The van der Waals surface area contributed by atoms with Gasteiger partial charge >= 0.3 is 0 Å². The number of methoxy groups -OCH3 is 1. The third-order valence-electron chi connectivity index (χ3n) is 4.53. The van der Waals surface area contributed by atoms with E-state index in [0.29, 0.717) is 11.4 Å². The number of amides is 1. The predicted octanol–water partition coefficient (Wildman–Crippen LogP) is 5.47. The molecule has 3 aromatic carbocycles. The van der Waals surface area contributed by atoms with Crippen molar-refractivity contribution in [2.45, 2.75) is 11.8 Å². The Morgan fingerprint density at radius 2 is 1.74 bits per heavy atom. The van der Waals surface area contributed by atoms with Crippen molar-refractivity contribution < 1.29 is 17.9 Å². The van der Waals surface area contributed by atoms with Gasteiger partial charge in [0.05, 0.1) is 39.0 Å². The molecule has 0 aliphatic heterocycles. The predicted molar refractivity (Wildman–Crippen MR) is 124 cm³/mol. The maximum Gasteiger partial charge on any atom is 0.264 e. The highest BCUT2D eigenvalue weighted by Gasteiger charge is 2.25. The van der Waals surface area contributed by atoms with Gasteiger partial charge in [-0.2, -0.15) is 0 Å². The van der Waals surface area contributed by atoms with Gasteiger partial charge < -0.3 is 10.1 Å². The fourth-order valence-electron chi connectivity index (χ4n) is 3.03. The van der Waals surface area contributed by atoms with E-state index in [1.165, 1.54) is 35.7 Å². The topological polar surface area (TPSA) is 75.7 Å². The Bertz CT molecular complexity index is 1200. The minimum absolute atomic E-state index is 0.00601. The van der Waals surface area contributed by atoms with Crippen LogP contribution in [0.2, 0.25) is 10.0 Å². The van der Waals surface area contributed by atoms with E-state index in [9.17, 15) is 13.2 Å². The number of halogens is 2. The van der Waals surface area contributed by atoms with Crippen LogP contribution < -0.4 is 14.4 Å². The first kappa shape index (κ1) is 22.9. The third kappa shape index (κ3) is 4.79. The molecule has 0 aliphatic rings. The molecular formula is C22H20Cl2N2O4S. The number of para-hydroxylation sites is 1. The van der Waals surface area contributed by atoms with Gasteiger partial charge in [-0.3, -0.25) is 9.10 Å². The molecule has 9 heteroatoms. The first-order chi connectivity index (χ1) is 14.8. The van der Waals surface area contributed by atoms with Crippen molar-refractivity contribution >= 4 is 50.5 Å². The lowest BCUT2D eigenvalue weighted by Gasteiger charge is -2.23. The van der Waals surface area contributed by atoms with Crippen molar-refractivity contribution in [1.29, 1.82) is 0 Å². The Balaban J connectivity index is 2.00. The van der Waals surface area contributed by atoms with Crippen LogP contribution in [0.1, 0.15) is 17.3 Å². The van der Waals surface area contributed by atoms with E-state index in [1.54, 1.807) is 43.3 Å². The second-order valence-electron chi connectivity index (χ2n) is 6.42. The van der Waals surface area contributed by atoms with Gasteiger partial charge in [0, 0.05) is 6.54 Å². The molecule has 3 rings (SSSR count). The first-order valence-electron chi connectivity index (χ1n) is 9.30. The monoisotopic (exact) mass is 478 g/mol. The van der Waals surface area contributed by atoms with E-state index in [1.807, 2.05) is 6.07 Å². The second-order valence-corrected chi connectivity index (χ2v) is 9.07. The number of nitrogens with zero attached hydrogens (tertiary/aromatic N) is 1. The molecule has 0 unspecified atom stereocenters. The Hall–Kier alpha value is -2.74. The summed E-state index contributed by atoms with van der Waals surface area (Å²) in [6.45, 7) is 1.98. The van der Waals surface area contributed by atoms with Crippen molar-refractivity contribution in [3.8, 4) is 5.75 Å². The van der Waals surface area contributed by atoms with Gasteiger partial charge in [-0.1, -0.05) is 47.5 Å². The number of sulfonamides is 1. The van der Waals surface area contributed by atoms with E-state index < -0.39 is 15.9 Å². The molecule has 3 aromatic rings. The van der Waals surface area contributed by atoms with Crippen LogP contribution in [0.3, 0.4) is 0 Å². The average molecular weight is 479 g/mol. The van der Waals surface area contributed by atoms with Crippen molar-refractivity contribution in [3.05, 3.63) is 82.3 Å². The lowest BCUT2D eigenvalue weighted by Crippen LogP contribution is -2.30. The molecule has 6 nitrogen and oxygen atoms in total. The van der Waals surface area contributed by atoms with E-state index in [2.05, 4.69) is 5.32 Å². The molecule has 1 amide bonds. The molecule has 162 valence electrons. The van der Waals surface area contributed by atoms with Crippen LogP contribution in [-0.4, -0.2) is 28.0 Å². The summed E-state index contributed by atoms with van der Waals surface area (Å²) in [7, 11) is -2.46. The fraction of sp³-hybridized carbons (Fsp3) is 0.136. The van der Waals surface area contributed by atoms with Gasteiger partial charge in [0.25, 0.3) is 15.9 Å². The Morgan fingerprint density at radius 1 is 1.03 bits per heavy atom. The normalized spacial score (nSPS) is 11.1. The van der Waals surface area contributed by atoms with Crippen molar-refractivity contribution in [3.63, 3.8) is 0 Å². The summed E-state index contributed by atoms with van der Waals surface area (Å²) in [6.07, 6.45) is 0. The Kier molecular flexibility index (Phi) is 7.10. The lowest BCUT2D eigenvalue weighted by molar-refractivity contribution is 0.102. The summed E-state index contributed by atoms with van der Waals surface area (Å²) in [6, 6.07) is 17.7. The molecule has 0 heterocycles. The van der Waals surface area contributed by atoms with Crippen LogP contribution in [0, 0.1) is 0 Å². The molecule has 0 aliphatic carbocycles. The van der Waals surface area contributed by atoms with Gasteiger partial charge in [-0.15, -0.1) is 0 Å². The van der Waals surface area contributed by atoms with Crippen LogP contribution in [0.15, 0.2) is 71.6 Å². The van der Waals surface area contributed by atoms with Crippen molar-refractivity contribution in [1.82, 2.24) is 0 Å². The summed E-state index contributed by atoms with van der Waals surface area (Å²) >= 11 is 12.1. The second kappa shape index (κ2) is 9.60. The molecule has 0 atom stereocenters. The third-order valence-corrected chi connectivity index (χ3v) is 7.25. The van der Waals surface area contributed by atoms with Gasteiger partial charge in [0.1, 0.15) is 5.75 Å². The van der Waals surface area contributed by atoms with E-state index in [0.717, 1.165) is 0 Å². The average Bonchev–Trinajstić information content (AvgIpc) is 2.76. The number of ether oxygens (including phenoxy) is 1. The SMILES string of the molecule is CCN(c1ccccc1)S(=O)(=O)c1ccc(OC)c(NC(=O)c2cccc(Cl)c2Cl)c1. The minimum Gasteiger partial charge on any atom is -0.495 e. The van der Waals surface area contributed by atoms with Crippen LogP contribution in [0.5, 0.6) is 5.75 Å². The number of anilines is 2. The number of benzene rings is 3. The Labute approximate surface area is 191 Å². The summed E-state index contributed by atoms with van der Waals surface area (Å²) in [4.78, 5) is 12.8. The maximum atomic E-state index is 13.3. The molecule has 0 aromatic heterocycles. The standard InChI is InChI=1S/C22H20Cl2N2O4S/c1-3-26(15-8-5-4-6-9-15)31(28,29)16-12-13-20(30-2)19(14-16)25-22(27)17-10-7-11-18(23)21(17)24/h4-14H,3H2,1-2H3,(H,25,27). The lowest BCUT2D eigenvalue weighted by atomic mass is 10.2. The number of carbonyl (C=O) groups excluding carboxylic acids is 1. The van der Waals surface area contributed by atoms with Crippen LogP contribution in [-0.2, 0) is 10.0 Å². The van der Waals surface area contributed by atoms with Crippen LogP contribution in [0.25, 0.3) is 0 Å². The molecule has 0 saturated heterocycles. The van der Waals surface area contributed by atoms with Gasteiger partial charge in [0.15, 0.2) is 0 Å². The van der Waals surface area contributed by atoms with E-state index in [-0.39, 0.29) is 32.7 Å². The molecule has 0 saturated carbocycles. The number of rotatable bonds is 7. The highest BCUT2D eigenvalue weighted by Crippen LogP contribution is 2.32. The maximum absolute atomic E-state index is 13.3. The molecule has 31 heavy (non-hydrogen) atoms. The number of nitrogens with one attached hydrogen (secondary N) is 1. The highest BCUT2D eigenvalue weighted by atomic mass is 35.5. The van der Waals surface area contributed by atoms with Crippen molar-refractivity contribution in [2.24, 2.45) is 0 Å². The van der Waals surface area contributed by atoms with Crippen LogP contribution >= 0.6 is 23.2 Å². The summed E-state index contributed by atoms with van der Waals surface area (Å²) in [5.41, 5.74) is 0.884. The fourth-order valence-corrected chi connectivity index (χ4v) is 4.91. The zero-order chi connectivity index (χ0) is 22.6. The molecule has 1 N–H and O–H groups in total. The molecule has 0 fully saturated rings. The first-order valence-corrected chi connectivity index (χ1v) is 11.5. The largest absolute Gasteiger partial charge is 0.495 e. The summed E-state index contributed by atoms with van der Waals surface area (Å²) < 4.78 is 33.2. The van der Waals surface area contributed by atoms with Gasteiger partial charge in [-0.05, 0) is 49.4 Å². The summed E-state index contributed by atoms with van der Waals surface area (Å²) in [5, 5.41) is 3.00. The molecular weight excluding hydrogens is 459 g/mol. The van der Waals surface area contributed by atoms with E-state index in [4.69, 9.17) is 27.9 Å². The number of carbonyl (C=O) groups is 1. The van der Waals surface area contributed by atoms with Gasteiger partial charge in [-0.25, -0.2) is 8.42 Å². The summed E-state index contributed by atoms with van der Waals surface area (Å²) in [5.74, 6) is -0.246. The van der Waals surface area contributed by atoms with Crippen LogP contribution in [0.4, 0.5) is 11.4 Å². The zero-order valence-corrected chi connectivity index (χ0v) is 19.1. The molecule has 0 bridgehead atoms. The smallest absolute Gasteiger partial charge is 0.264 e. The zero-order valence-electron chi connectivity index (χ0n) is 16.8. The number of hydrogen-bond acceptors (Lipinski definition) is 4. The molecule has 0 spiro atoms. The number of hydrogen-bond donors (Lipinski definition) is 1. The Morgan fingerprint density at radius 3 is 2.39 bits per heavy atom. The quantitative estimate of drug-likeness (QED) is 0.488. The minimum atomic E-state index is -3.89. The molecule has 0 radical (unpaired) electrons.